The van der Waals surface area contributed by atoms with Crippen molar-refractivity contribution in [1.82, 2.24) is 0 Å². The van der Waals surface area contributed by atoms with Crippen molar-refractivity contribution in [1.29, 1.82) is 0 Å². The lowest BCUT2D eigenvalue weighted by Gasteiger charge is -2.23. The second-order valence-electron chi connectivity index (χ2n) is 5.77. The number of hydrogen-bond donors (Lipinski definition) is 2. The van der Waals surface area contributed by atoms with Crippen molar-refractivity contribution in [2.45, 2.75) is 13.0 Å². The largest absolute Gasteiger partial charge is 0.486 e. The summed E-state index contributed by atoms with van der Waals surface area (Å²) in [6.45, 7) is 2.66. The van der Waals surface area contributed by atoms with Gasteiger partial charge in [-0.1, -0.05) is 0 Å². The smallest absolute Gasteiger partial charge is 0.265 e. The van der Waals surface area contributed by atoms with Crippen molar-refractivity contribution >= 4 is 23.2 Å². The Labute approximate surface area is 143 Å². The van der Waals surface area contributed by atoms with E-state index in [2.05, 4.69) is 10.6 Å². The Morgan fingerprint density at radius 1 is 1.08 bits per heavy atom. The van der Waals surface area contributed by atoms with Crippen molar-refractivity contribution in [2.75, 3.05) is 23.8 Å². The van der Waals surface area contributed by atoms with Crippen LogP contribution < -0.4 is 24.8 Å². The fourth-order valence-electron chi connectivity index (χ4n) is 2.67. The molecule has 0 bridgehead atoms. The van der Waals surface area contributed by atoms with Crippen molar-refractivity contribution in [3.05, 3.63) is 42.0 Å². The maximum absolute atomic E-state index is 12.5. The SMILES string of the molecule is CC1Oc2ccc(C(=O)Nc3ccc4c(c3)OCCO4)cc2NC1=O. The van der Waals surface area contributed by atoms with Gasteiger partial charge in [-0.2, -0.15) is 0 Å². The highest BCUT2D eigenvalue weighted by atomic mass is 16.6. The van der Waals surface area contributed by atoms with Crippen LogP contribution in [-0.4, -0.2) is 31.1 Å². The molecule has 2 aromatic rings. The lowest BCUT2D eigenvalue weighted by atomic mass is 10.1. The van der Waals surface area contributed by atoms with E-state index in [0.29, 0.717) is 47.4 Å². The van der Waals surface area contributed by atoms with Gasteiger partial charge < -0.3 is 24.8 Å². The number of rotatable bonds is 2. The molecule has 2 N–H and O–H groups in total. The van der Waals surface area contributed by atoms with Crippen LogP contribution in [0.1, 0.15) is 17.3 Å². The molecule has 0 aromatic heterocycles. The number of fused-ring (bicyclic) bond motifs is 2. The van der Waals surface area contributed by atoms with Crippen LogP contribution in [0.4, 0.5) is 11.4 Å². The summed E-state index contributed by atoms with van der Waals surface area (Å²) in [6, 6.07) is 10.1. The third-order valence-corrected chi connectivity index (χ3v) is 3.97. The zero-order valence-electron chi connectivity index (χ0n) is 13.5. The number of hydrogen-bond acceptors (Lipinski definition) is 5. The van der Waals surface area contributed by atoms with E-state index in [1.165, 1.54) is 0 Å². The van der Waals surface area contributed by atoms with Gasteiger partial charge in [-0.25, -0.2) is 0 Å². The van der Waals surface area contributed by atoms with Crippen molar-refractivity contribution in [3.8, 4) is 17.2 Å². The van der Waals surface area contributed by atoms with Gasteiger partial charge in [0.05, 0.1) is 5.69 Å². The number of anilines is 2. The normalized spacial score (nSPS) is 17.8. The molecule has 2 heterocycles. The van der Waals surface area contributed by atoms with Crippen molar-refractivity contribution < 1.29 is 23.8 Å². The number of carbonyl (C=O) groups is 2. The highest BCUT2D eigenvalue weighted by Gasteiger charge is 2.24. The van der Waals surface area contributed by atoms with Crippen LogP contribution in [0.5, 0.6) is 17.2 Å². The van der Waals surface area contributed by atoms with Gasteiger partial charge >= 0.3 is 0 Å². The van der Waals surface area contributed by atoms with Crippen LogP contribution in [0.15, 0.2) is 36.4 Å². The Morgan fingerprint density at radius 3 is 2.68 bits per heavy atom. The summed E-state index contributed by atoms with van der Waals surface area (Å²) in [5.74, 6) is 1.27. The van der Waals surface area contributed by atoms with Crippen LogP contribution in [0.3, 0.4) is 0 Å². The minimum absolute atomic E-state index is 0.239. The molecule has 2 amide bonds. The molecule has 0 spiro atoms. The number of amides is 2. The van der Waals surface area contributed by atoms with E-state index in [4.69, 9.17) is 14.2 Å². The Bertz CT molecular complexity index is 865. The quantitative estimate of drug-likeness (QED) is 0.877. The molecule has 2 aromatic carbocycles. The second kappa shape index (κ2) is 6.01. The van der Waals surface area contributed by atoms with Crippen molar-refractivity contribution in [3.63, 3.8) is 0 Å². The van der Waals surface area contributed by atoms with Gasteiger partial charge in [-0.05, 0) is 37.3 Å². The predicted octanol–water partition coefficient (Wildman–Crippen LogP) is 2.43. The third-order valence-electron chi connectivity index (χ3n) is 3.97. The fourth-order valence-corrected chi connectivity index (χ4v) is 2.67. The first-order valence-electron chi connectivity index (χ1n) is 7.93. The predicted molar refractivity (Wildman–Crippen MR) is 90.5 cm³/mol. The molecule has 0 fully saturated rings. The van der Waals surface area contributed by atoms with Gasteiger partial charge in [0.2, 0.25) is 0 Å². The van der Waals surface area contributed by atoms with E-state index in [0.717, 1.165) is 0 Å². The Kier molecular flexibility index (Phi) is 3.68. The Balaban J connectivity index is 1.54. The zero-order chi connectivity index (χ0) is 17.4. The number of carbonyl (C=O) groups excluding carboxylic acids is 2. The summed E-state index contributed by atoms with van der Waals surface area (Å²) in [5, 5.41) is 5.54. The van der Waals surface area contributed by atoms with E-state index in [9.17, 15) is 9.59 Å². The summed E-state index contributed by atoms with van der Waals surface area (Å²) in [5.41, 5.74) is 1.49. The van der Waals surface area contributed by atoms with Crippen LogP contribution in [0.2, 0.25) is 0 Å². The molecule has 4 rings (SSSR count). The summed E-state index contributed by atoms with van der Waals surface area (Å²) in [4.78, 5) is 24.2. The van der Waals surface area contributed by atoms with E-state index < -0.39 is 6.10 Å². The molecule has 2 aliphatic heterocycles. The van der Waals surface area contributed by atoms with E-state index >= 15 is 0 Å². The highest BCUT2D eigenvalue weighted by Crippen LogP contribution is 2.33. The van der Waals surface area contributed by atoms with Crippen LogP contribution in [0.25, 0.3) is 0 Å². The topological polar surface area (TPSA) is 85.9 Å². The Morgan fingerprint density at radius 2 is 1.84 bits per heavy atom. The first-order chi connectivity index (χ1) is 12.1. The molecule has 1 unspecified atom stereocenters. The van der Waals surface area contributed by atoms with Crippen LogP contribution in [-0.2, 0) is 4.79 Å². The van der Waals surface area contributed by atoms with Crippen molar-refractivity contribution in [2.24, 2.45) is 0 Å². The average molecular weight is 340 g/mol. The maximum atomic E-state index is 12.5. The molecule has 1 atom stereocenters. The molecule has 7 heteroatoms. The fraction of sp³-hybridized carbons (Fsp3) is 0.222. The third kappa shape index (κ3) is 2.96. The lowest BCUT2D eigenvalue weighted by molar-refractivity contribution is -0.122. The van der Waals surface area contributed by atoms with Crippen LogP contribution in [0, 0.1) is 0 Å². The van der Waals surface area contributed by atoms with Gasteiger partial charge in [0, 0.05) is 17.3 Å². The van der Waals surface area contributed by atoms with Crippen LogP contribution >= 0.6 is 0 Å². The van der Waals surface area contributed by atoms with Gasteiger partial charge in [-0.15, -0.1) is 0 Å². The summed E-state index contributed by atoms with van der Waals surface area (Å²) >= 11 is 0. The van der Waals surface area contributed by atoms with E-state index in [1.807, 2.05) is 0 Å². The highest BCUT2D eigenvalue weighted by molar-refractivity contribution is 6.06. The molecule has 7 nitrogen and oxygen atoms in total. The van der Waals surface area contributed by atoms with Gasteiger partial charge in [0.15, 0.2) is 17.6 Å². The standard InChI is InChI=1S/C18H16N2O5/c1-10-17(21)20-13-8-11(2-4-14(13)25-10)18(22)19-12-3-5-15-16(9-12)24-7-6-23-15/h2-5,8-10H,6-7H2,1H3,(H,19,22)(H,20,21). The first kappa shape index (κ1) is 15.3. The van der Waals surface area contributed by atoms with E-state index in [1.54, 1.807) is 43.3 Å². The monoisotopic (exact) mass is 340 g/mol. The summed E-state index contributed by atoms with van der Waals surface area (Å²) < 4.78 is 16.4. The minimum Gasteiger partial charge on any atom is -0.486 e. The molecular formula is C18H16N2O5. The number of ether oxygens (including phenoxy) is 3. The molecule has 0 aliphatic carbocycles. The molecule has 0 saturated carbocycles. The molecule has 128 valence electrons. The van der Waals surface area contributed by atoms with Gasteiger partial charge in [0.25, 0.3) is 11.8 Å². The van der Waals surface area contributed by atoms with Gasteiger partial charge in [-0.3, -0.25) is 9.59 Å². The second-order valence-corrected chi connectivity index (χ2v) is 5.77. The number of benzene rings is 2. The minimum atomic E-state index is -0.551. The van der Waals surface area contributed by atoms with Gasteiger partial charge in [0.1, 0.15) is 19.0 Å². The summed E-state index contributed by atoms with van der Waals surface area (Å²) in [7, 11) is 0. The summed E-state index contributed by atoms with van der Waals surface area (Å²) in [6.07, 6.45) is -0.551. The maximum Gasteiger partial charge on any atom is 0.265 e. The average Bonchev–Trinajstić information content (AvgIpc) is 2.62. The van der Waals surface area contributed by atoms with E-state index in [-0.39, 0.29) is 11.8 Å². The lowest BCUT2D eigenvalue weighted by Crippen LogP contribution is -2.34. The zero-order valence-corrected chi connectivity index (χ0v) is 13.5. The Hall–Kier alpha value is -3.22. The molecule has 0 saturated heterocycles. The molecule has 0 radical (unpaired) electrons. The first-order valence-corrected chi connectivity index (χ1v) is 7.93. The molecule has 2 aliphatic rings. The number of nitrogens with one attached hydrogen (secondary N) is 2. The molecule has 25 heavy (non-hydrogen) atoms. The molecular weight excluding hydrogens is 324 g/mol.